The summed E-state index contributed by atoms with van der Waals surface area (Å²) < 4.78 is 63.7. The molecule has 1 saturated heterocycles. The molecule has 1 aromatic rings. The second kappa shape index (κ2) is 8.61. The Morgan fingerprint density at radius 2 is 1.85 bits per heavy atom. The highest BCUT2D eigenvalue weighted by Crippen LogP contribution is 2.34. The predicted molar refractivity (Wildman–Crippen MR) is 90.1 cm³/mol. The zero-order valence-corrected chi connectivity index (χ0v) is 14.6. The number of rotatable bonds is 5. The van der Waals surface area contributed by atoms with E-state index >= 15 is 0 Å². The molecule has 2 aliphatic heterocycles. The Balaban J connectivity index is 1.82. The molecule has 0 radical (unpaired) electrons. The van der Waals surface area contributed by atoms with Crippen LogP contribution in [0.5, 0.6) is 11.5 Å². The summed E-state index contributed by atoms with van der Waals surface area (Å²) in [5.74, 6) is -1.24. The monoisotopic (exact) mass is 406 g/mol. The highest BCUT2D eigenvalue weighted by molar-refractivity contribution is 8.18. The van der Waals surface area contributed by atoms with Crippen LogP contribution in [0.15, 0.2) is 28.1 Å². The predicted octanol–water partition coefficient (Wildman–Crippen LogP) is 3.19. The molecule has 1 amide bonds. The molecule has 0 aromatic heterocycles. The molecule has 11 heteroatoms. The van der Waals surface area contributed by atoms with Crippen molar-refractivity contribution in [1.29, 1.82) is 0 Å². The molecular formula is C16H14F4N2O4S. The second-order valence-electron chi connectivity index (χ2n) is 5.37. The number of ether oxygens (including phenoxy) is 3. The molecule has 1 fully saturated rings. The third kappa shape index (κ3) is 5.13. The van der Waals surface area contributed by atoms with Crippen molar-refractivity contribution in [3.63, 3.8) is 0 Å². The van der Waals surface area contributed by atoms with Gasteiger partial charge >= 0.3 is 13.2 Å². The van der Waals surface area contributed by atoms with Crippen LogP contribution in [0.3, 0.4) is 0 Å². The molecular weight excluding hydrogens is 392 g/mol. The zero-order chi connectivity index (χ0) is 19.4. The summed E-state index contributed by atoms with van der Waals surface area (Å²) in [7, 11) is 0. The van der Waals surface area contributed by atoms with Crippen molar-refractivity contribution in [3.8, 4) is 11.5 Å². The minimum atomic E-state index is -3.17. The topological polar surface area (TPSA) is 60.4 Å². The first-order valence-corrected chi connectivity index (χ1v) is 8.63. The number of morpholine rings is 1. The molecule has 0 saturated carbocycles. The van der Waals surface area contributed by atoms with Crippen LogP contribution in [0, 0.1) is 0 Å². The molecule has 2 aliphatic rings. The van der Waals surface area contributed by atoms with Crippen molar-refractivity contribution in [2.75, 3.05) is 26.3 Å². The van der Waals surface area contributed by atoms with Gasteiger partial charge in [-0.1, -0.05) is 0 Å². The molecule has 146 valence electrons. The highest BCUT2D eigenvalue weighted by Gasteiger charge is 2.27. The van der Waals surface area contributed by atoms with Gasteiger partial charge in [-0.05, 0) is 30.0 Å². The number of amides is 1. The lowest BCUT2D eigenvalue weighted by atomic mass is 10.1. The minimum absolute atomic E-state index is 0.117. The van der Waals surface area contributed by atoms with Gasteiger partial charge in [0.2, 0.25) is 0 Å². The Morgan fingerprint density at radius 3 is 2.52 bits per heavy atom. The van der Waals surface area contributed by atoms with Gasteiger partial charge < -0.3 is 19.1 Å². The van der Waals surface area contributed by atoms with Crippen LogP contribution in [-0.2, 0) is 9.53 Å². The average molecular weight is 406 g/mol. The van der Waals surface area contributed by atoms with E-state index in [0.717, 1.165) is 17.8 Å². The van der Waals surface area contributed by atoms with Gasteiger partial charge in [0.25, 0.3) is 5.91 Å². The van der Waals surface area contributed by atoms with Crippen LogP contribution in [0.2, 0.25) is 0 Å². The number of halogens is 4. The van der Waals surface area contributed by atoms with E-state index in [1.807, 2.05) is 4.90 Å². The van der Waals surface area contributed by atoms with Gasteiger partial charge in [-0.3, -0.25) is 4.79 Å². The number of carbonyl (C=O) groups is 1. The Bertz CT molecular complexity index is 767. The molecule has 1 aromatic carbocycles. The minimum Gasteiger partial charge on any atom is -0.435 e. The summed E-state index contributed by atoms with van der Waals surface area (Å²) in [6, 6.07) is 3.34. The number of benzene rings is 1. The van der Waals surface area contributed by atoms with Crippen LogP contribution in [0.1, 0.15) is 5.56 Å². The molecule has 0 aliphatic carbocycles. The van der Waals surface area contributed by atoms with E-state index in [4.69, 9.17) is 4.74 Å². The number of hydrogen-bond acceptors (Lipinski definition) is 6. The third-order valence-electron chi connectivity index (χ3n) is 3.60. The van der Waals surface area contributed by atoms with Crippen molar-refractivity contribution in [2.24, 2.45) is 4.99 Å². The number of thioether (sulfide) groups is 1. The SMILES string of the molecule is O=C1N=C(N2CCOCC2)S/C1=C\c1ccc(OC(F)F)cc1OC(F)F. The van der Waals surface area contributed by atoms with Crippen LogP contribution >= 0.6 is 11.8 Å². The van der Waals surface area contributed by atoms with Crippen molar-refractivity contribution in [3.05, 3.63) is 28.7 Å². The molecule has 0 spiro atoms. The first-order chi connectivity index (χ1) is 12.9. The largest absolute Gasteiger partial charge is 0.435 e. The van der Waals surface area contributed by atoms with Crippen LogP contribution in [0.25, 0.3) is 6.08 Å². The fraction of sp³-hybridized carbons (Fsp3) is 0.375. The summed E-state index contributed by atoms with van der Waals surface area (Å²) >= 11 is 1.10. The second-order valence-corrected chi connectivity index (χ2v) is 6.38. The Labute approximate surface area is 155 Å². The normalized spacial score (nSPS) is 19.2. The van der Waals surface area contributed by atoms with E-state index in [0.29, 0.717) is 31.5 Å². The molecule has 2 heterocycles. The van der Waals surface area contributed by atoms with E-state index in [9.17, 15) is 22.4 Å². The summed E-state index contributed by atoms with van der Waals surface area (Å²) in [5, 5.41) is 0.503. The molecule has 0 atom stereocenters. The third-order valence-corrected chi connectivity index (χ3v) is 4.65. The molecule has 3 rings (SSSR count). The van der Waals surface area contributed by atoms with E-state index in [1.54, 1.807) is 0 Å². The summed E-state index contributed by atoms with van der Waals surface area (Å²) in [6.07, 6.45) is 1.33. The molecule has 0 unspecified atom stereocenters. The van der Waals surface area contributed by atoms with Gasteiger partial charge in [-0.15, -0.1) is 0 Å². The van der Waals surface area contributed by atoms with Crippen molar-refractivity contribution < 1.29 is 36.6 Å². The first-order valence-electron chi connectivity index (χ1n) is 7.81. The average Bonchev–Trinajstić information content (AvgIpc) is 2.98. The Kier molecular flexibility index (Phi) is 6.22. The van der Waals surface area contributed by atoms with Gasteiger partial charge in [-0.2, -0.15) is 22.6 Å². The van der Waals surface area contributed by atoms with Gasteiger partial charge in [0.15, 0.2) is 5.17 Å². The fourth-order valence-electron chi connectivity index (χ4n) is 2.44. The summed E-state index contributed by atoms with van der Waals surface area (Å²) in [5.41, 5.74) is 0.117. The van der Waals surface area contributed by atoms with Gasteiger partial charge in [0, 0.05) is 24.7 Å². The van der Waals surface area contributed by atoms with Gasteiger partial charge in [0.05, 0.1) is 18.1 Å². The highest BCUT2D eigenvalue weighted by atomic mass is 32.2. The number of aliphatic imine (C=N–C) groups is 1. The molecule has 0 bridgehead atoms. The summed E-state index contributed by atoms with van der Waals surface area (Å²) in [6.45, 7) is -4.06. The van der Waals surface area contributed by atoms with Gasteiger partial charge in [0.1, 0.15) is 11.5 Å². The van der Waals surface area contributed by atoms with E-state index in [2.05, 4.69) is 14.5 Å². The van der Waals surface area contributed by atoms with E-state index in [1.165, 1.54) is 18.2 Å². The van der Waals surface area contributed by atoms with Crippen LogP contribution in [0.4, 0.5) is 17.6 Å². The lowest BCUT2D eigenvalue weighted by Gasteiger charge is -2.27. The number of alkyl halides is 4. The van der Waals surface area contributed by atoms with Crippen molar-refractivity contribution >= 4 is 28.9 Å². The summed E-state index contributed by atoms with van der Waals surface area (Å²) in [4.78, 5) is 18.2. The first kappa shape index (κ1) is 19.5. The van der Waals surface area contributed by atoms with Crippen LogP contribution in [-0.4, -0.2) is 55.5 Å². The maximum Gasteiger partial charge on any atom is 0.387 e. The molecule has 27 heavy (non-hydrogen) atoms. The number of nitrogens with zero attached hydrogens (tertiary/aromatic N) is 2. The maximum absolute atomic E-state index is 12.6. The van der Waals surface area contributed by atoms with Crippen LogP contribution < -0.4 is 9.47 Å². The lowest BCUT2D eigenvalue weighted by molar-refractivity contribution is -0.113. The maximum atomic E-state index is 12.6. The van der Waals surface area contributed by atoms with E-state index < -0.39 is 19.1 Å². The van der Waals surface area contributed by atoms with E-state index in [-0.39, 0.29) is 22.0 Å². The van der Waals surface area contributed by atoms with Crippen molar-refractivity contribution in [2.45, 2.75) is 13.2 Å². The number of amidine groups is 1. The lowest BCUT2D eigenvalue weighted by Crippen LogP contribution is -2.38. The quantitative estimate of drug-likeness (QED) is 0.553. The Hall–Kier alpha value is -2.27. The Morgan fingerprint density at radius 1 is 1.15 bits per heavy atom. The molecule has 0 N–H and O–H groups in total. The molecule has 6 nitrogen and oxygen atoms in total. The zero-order valence-electron chi connectivity index (χ0n) is 13.7. The number of carbonyl (C=O) groups excluding carboxylic acids is 1. The van der Waals surface area contributed by atoms with Crippen molar-refractivity contribution in [1.82, 2.24) is 4.90 Å². The fourth-order valence-corrected chi connectivity index (χ4v) is 3.39. The standard InChI is InChI=1S/C16H14F4N2O4S/c17-14(18)25-10-2-1-9(11(8-10)26-15(19)20)7-12-13(23)21-16(27-12)22-3-5-24-6-4-22/h1-2,7-8,14-15H,3-6H2/b12-7-. The number of hydrogen-bond donors (Lipinski definition) is 0. The smallest absolute Gasteiger partial charge is 0.387 e. The van der Waals surface area contributed by atoms with Gasteiger partial charge in [-0.25, -0.2) is 0 Å².